The second-order valence-electron chi connectivity index (χ2n) is 3.12. The van der Waals surface area contributed by atoms with Crippen LogP contribution in [0.5, 0.6) is 0 Å². The summed E-state index contributed by atoms with van der Waals surface area (Å²) in [5, 5.41) is 0. The molecule has 0 saturated heterocycles. The zero-order chi connectivity index (χ0) is 6.97. The molecule has 2 aliphatic rings. The SMILES string of the molecule is CC1CCC=C2C=CC=C21. The molecule has 0 spiro atoms. The third-order valence-corrected chi connectivity index (χ3v) is 2.38. The van der Waals surface area contributed by atoms with E-state index in [0.29, 0.717) is 0 Å². The lowest BCUT2D eigenvalue weighted by Gasteiger charge is -2.18. The van der Waals surface area contributed by atoms with Crippen LogP contribution in [0.2, 0.25) is 0 Å². The molecule has 10 heavy (non-hydrogen) atoms. The van der Waals surface area contributed by atoms with Crippen LogP contribution in [0.3, 0.4) is 0 Å². The quantitative estimate of drug-likeness (QED) is 0.475. The number of allylic oxidation sites excluding steroid dienone is 6. The Labute approximate surface area is 61.9 Å². The fourth-order valence-corrected chi connectivity index (χ4v) is 1.73. The van der Waals surface area contributed by atoms with Crippen LogP contribution in [0.1, 0.15) is 19.8 Å². The van der Waals surface area contributed by atoms with Gasteiger partial charge in [-0.15, -0.1) is 0 Å². The highest BCUT2D eigenvalue weighted by Gasteiger charge is 2.16. The fraction of sp³-hybridized carbons (Fsp3) is 0.400. The molecule has 2 aliphatic carbocycles. The topological polar surface area (TPSA) is 0 Å². The lowest BCUT2D eigenvalue weighted by Crippen LogP contribution is -2.03. The van der Waals surface area contributed by atoms with E-state index >= 15 is 0 Å². The van der Waals surface area contributed by atoms with Gasteiger partial charge in [0.05, 0.1) is 0 Å². The molecule has 52 valence electrons. The zero-order valence-electron chi connectivity index (χ0n) is 6.30. The Morgan fingerprint density at radius 3 is 3.20 bits per heavy atom. The molecular formula is C10H12. The van der Waals surface area contributed by atoms with Crippen LogP contribution in [0.25, 0.3) is 0 Å². The van der Waals surface area contributed by atoms with E-state index in [1.807, 2.05) is 0 Å². The van der Waals surface area contributed by atoms with E-state index in [1.165, 1.54) is 18.4 Å². The molecule has 0 radical (unpaired) electrons. The van der Waals surface area contributed by atoms with Gasteiger partial charge in [-0.25, -0.2) is 0 Å². The fourth-order valence-electron chi connectivity index (χ4n) is 1.73. The number of fused-ring (bicyclic) bond motifs is 1. The summed E-state index contributed by atoms with van der Waals surface area (Å²) in [5.41, 5.74) is 3.02. The maximum absolute atomic E-state index is 2.34. The molecule has 0 aromatic heterocycles. The molecule has 1 atom stereocenters. The Morgan fingerprint density at radius 2 is 2.40 bits per heavy atom. The summed E-state index contributed by atoms with van der Waals surface area (Å²) >= 11 is 0. The van der Waals surface area contributed by atoms with Crippen LogP contribution in [0.15, 0.2) is 35.5 Å². The van der Waals surface area contributed by atoms with Crippen molar-refractivity contribution in [2.75, 3.05) is 0 Å². The third kappa shape index (κ3) is 0.756. The average Bonchev–Trinajstić information content (AvgIpc) is 2.36. The van der Waals surface area contributed by atoms with Gasteiger partial charge in [-0.05, 0) is 29.9 Å². The second-order valence-corrected chi connectivity index (χ2v) is 3.12. The molecule has 0 amide bonds. The molecule has 0 heteroatoms. The molecule has 0 N–H and O–H groups in total. The molecule has 0 aromatic rings. The minimum absolute atomic E-state index is 0.787. The van der Waals surface area contributed by atoms with Crippen LogP contribution in [0.4, 0.5) is 0 Å². The summed E-state index contributed by atoms with van der Waals surface area (Å²) in [5.74, 6) is 0.787. The molecular weight excluding hydrogens is 120 g/mol. The lowest BCUT2D eigenvalue weighted by atomic mass is 9.87. The first-order valence-corrected chi connectivity index (χ1v) is 3.97. The van der Waals surface area contributed by atoms with Crippen molar-refractivity contribution >= 4 is 0 Å². The Morgan fingerprint density at radius 1 is 1.50 bits per heavy atom. The molecule has 0 bridgehead atoms. The van der Waals surface area contributed by atoms with Gasteiger partial charge in [-0.1, -0.05) is 31.2 Å². The summed E-state index contributed by atoms with van der Waals surface area (Å²) in [4.78, 5) is 0. The van der Waals surface area contributed by atoms with Gasteiger partial charge < -0.3 is 0 Å². The highest BCUT2D eigenvalue weighted by Crippen LogP contribution is 2.33. The Kier molecular flexibility index (Phi) is 1.26. The largest absolute Gasteiger partial charge is 0.0770 e. The van der Waals surface area contributed by atoms with Crippen molar-refractivity contribution in [2.45, 2.75) is 19.8 Å². The molecule has 0 fully saturated rings. The minimum atomic E-state index is 0.787. The van der Waals surface area contributed by atoms with Crippen molar-refractivity contribution in [3.8, 4) is 0 Å². The maximum atomic E-state index is 2.34. The molecule has 2 rings (SSSR count). The molecule has 0 aliphatic heterocycles. The summed E-state index contributed by atoms with van der Waals surface area (Å²) < 4.78 is 0. The maximum Gasteiger partial charge on any atom is -0.0182 e. The van der Waals surface area contributed by atoms with Crippen molar-refractivity contribution in [1.29, 1.82) is 0 Å². The Bertz CT molecular complexity index is 228. The number of hydrogen-bond acceptors (Lipinski definition) is 0. The number of hydrogen-bond donors (Lipinski definition) is 0. The van der Waals surface area contributed by atoms with Gasteiger partial charge in [0.1, 0.15) is 0 Å². The molecule has 0 saturated carbocycles. The third-order valence-electron chi connectivity index (χ3n) is 2.38. The standard InChI is InChI=1S/C10H12/c1-8-4-2-5-9-6-3-7-10(8)9/h3,5-8H,2,4H2,1H3. The van der Waals surface area contributed by atoms with E-state index in [0.717, 1.165) is 5.92 Å². The van der Waals surface area contributed by atoms with Crippen LogP contribution in [0, 0.1) is 5.92 Å². The van der Waals surface area contributed by atoms with Crippen molar-refractivity contribution in [3.63, 3.8) is 0 Å². The summed E-state index contributed by atoms with van der Waals surface area (Å²) in [7, 11) is 0. The van der Waals surface area contributed by atoms with E-state index in [4.69, 9.17) is 0 Å². The predicted molar refractivity (Wildman–Crippen MR) is 43.7 cm³/mol. The van der Waals surface area contributed by atoms with Crippen molar-refractivity contribution in [3.05, 3.63) is 35.5 Å². The van der Waals surface area contributed by atoms with Gasteiger partial charge in [0.25, 0.3) is 0 Å². The Balaban J connectivity index is 2.37. The van der Waals surface area contributed by atoms with Crippen LogP contribution in [-0.4, -0.2) is 0 Å². The van der Waals surface area contributed by atoms with E-state index in [9.17, 15) is 0 Å². The highest BCUT2D eigenvalue weighted by atomic mass is 14.2. The normalized spacial score (nSPS) is 29.5. The lowest BCUT2D eigenvalue weighted by molar-refractivity contribution is 0.612. The van der Waals surface area contributed by atoms with E-state index in [2.05, 4.69) is 31.2 Å². The minimum Gasteiger partial charge on any atom is -0.0770 e. The van der Waals surface area contributed by atoms with Crippen molar-refractivity contribution in [1.82, 2.24) is 0 Å². The van der Waals surface area contributed by atoms with Crippen LogP contribution < -0.4 is 0 Å². The van der Waals surface area contributed by atoms with Gasteiger partial charge in [-0.3, -0.25) is 0 Å². The van der Waals surface area contributed by atoms with E-state index < -0.39 is 0 Å². The first kappa shape index (κ1) is 5.96. The van der Waals surface area contributed by atoms with E-state index in [-0.39, 0.29) is 0 Å². The van der Waals surface area contributed by atoms with Gasteiger partial charge in [-0.2, -0.15) is 0 Å². The van der Waals surface area contributed by atoms with Gasteiger partial charge >= 0.3 is 0 Å². The monoisotopic (exact) mass is 132 g/mol. The van der Waals surface area contributed by atoms with E-state index in [1.54, 1.807) is 5.57 Å². The second kappa shape index (κ2) is 2.12. The van der Waals surface area contributed by atoms with Crippen LogP contribution >= 0.6 is 0 Å². The summed E-state index contributed by atoms with van der Waals surface area (Å²) in [6.45, 7) is 2.31. The molecule has 0 heterocycles. The molecule has 0 aromatic carbocycles. The zero-order valence-corrected chi connectivity index (χ0v) is 6.30. The first-order chi connectivity index (χ1) is 4.88. The van der Waals surface area contributed by atoms with Crippen molar-refractivity contribution in [2.24, 2.45) is 5.92 Å². The molecule has 0 nitrogen and oxygen atoms in total. The van der Waals surface area contributed by atoms with Gasteiger partial charge in [0.15, 0.2) is 0 Å². The average molecular weight is 132 g/mol. The highest BCUT2D eigenvalue weighted by molar-refractivity contribution is 5.50. The van der Waals surface area contributed by atoms with Crippen molar-refractivity contribution < 1.29 is 0 Å². The Hall–Kier alpha value is -0.780. The predicted octanol–water partition coefficient (Wildman–Crippen LogP) is 2.84. The number of rotatable bonds is 0. The summed E-state index contributed by atoms with van der Waals surface area (Å²) in [6, 6.07) is 0. The van der Waals surface area contributed by atoms with Gasteiger partial charge in [0, 0.05) is 0 Å². The smallest absolute Gasteiger partial charge is 0.0182 e. The van der Waals surface area contributed by atoms with Crippen LogP contribution in [-0.2, 0) is 0 Å². The molecule has 1 unspecified atom stereocenters. The summed E-state index contributed by atoms with van der Waals surface area (Å²) in [6.07, 6.45) is 11.5. The van der Waals surface area contributed by atoms with Gasteiger partial charge in [0.2, 0.25) is 0 Å². The first-order valence-electron chi connectivity index (χ1n) is 3.97.